The molecule has 182 valence electrons. The molecule has 6 nitrogen and oxygen atoms in total. The van der Waals surface area contributed by atoms with Gasteiger partial charge in [0.25, 0.3) is 0 Å². The minimum Gasteiger partial charge on any atom is -0.390 e. The van der Waals surface area contributed by atoms with Gasteiger partial charge < -0.3 is 20.6 Å². The van der Waals surface area contributed by atoms with Gasteiger partial charge in [0.15, 0.2) is 0 Å². The SMILES string of the molecule is CC(C)C[C@H](NC(=O)Nc1cccc(C#N)c1)[C@@H](O)CN1CCC(Cc2ccc(F)cc2)CC1. The van der Waals surface area contributed by atoms with E-state index in [2.05, 4.69) is 35.5 Å². The zero-order valence-corrected chi connectivity index (χ0v) is 20.0. The number of carbonyl (C=O) groups is 1. The number of β-amino-alcohol motifs (C(OH)–C–C–N with tert-alkyl or cyclic N) is 1. The highest BCUT2D eigenvalue weighted by Crippen LogP contribution is 2.23. The van der Waals surface area contributed by atoms with Gasteiger partial charge in [-0.3, -0.25) is 0 Å². The predicted octanol–water partition coefficient (Wildman–Crippen LogP) is 4.55. The number of aliphatic hydroxyl groups is 1. The molecule has 1 aliphatic heterocycles. The summed E-state index contributed by atoms with van der Waals surface area (Å²) in [5.74, 6) is 0.656. The molecule has 0 aromatic heterocycles. The van der Waals surface area contributed by atoms with E-state index in [1.54, 1.807) is 24.3 Å². The van der Waals surface area contributed by atoms with Crippen LogP contribution < -0.4 is 10.6 Å². The number of piperidine rings is 1. The predicted molar refractivity (Wildman–Crippen MR) is 132 cm³/mol. The molecule has 7 heteroatoms. The third kappa shape index (κ3) is 8.12. The number of amides is 2. The van der Waals surface area contributed by atoms with E-state index in [9.17, 15) is 14.3 Å². The van der Waals surface area contributed by atoms with Gasteiger partial charge in [0.05, 0.1) is 23.8 Å². The summed E-state index contributed by atoms with van der Waals surface area (Å²) in [6.45, 7) is 6.42. The lowest BCUT2D eigenvalue weighted by molar-refractivity contribution is 0.0605. The molecule has 2 aromatic carbocycles. The van der Waals surface area contributed by atoms with Gasteiger partial charge in [0.2, 0.25) is 0 Å². The molecule has 34 heavy (non-hydrogen) atoms. The van der Waals surface area contributed by atoms with Crippen molar-refractivity contribution in [2.45, 2.75) is 51.7 Å². The van der Waals surface area contributed by atoms with E-state index < -0.39 is 12.1 Å². The summed E-state index contributed by atoms with van der Waals surface area (Å²) >= 11 is 0. The van der Waals surface area contributed by atoms with Crippen LogP contribution >= 0.6 is 0 Å². The van der Waals surface area contributed by atoms with Crippen molar-refractivity contribution in [1.82, 2.24) is 10.2 Å². The lowest BCUT2D eigenvalue weighted by Crippen LogP contribution is -2.51. The van der Waals surface area contributed by atoms with Crippen molar-refractivity contribution < 1.29 is 14.3 Å². The first-order chi connectivity index (χ1) is 16.3. The number of nitriles is 1. The Kier molecular flexibility index (Phi) is 9.43. The van der Waals surface area contributed by atoms with Crippen molar-refractivity contribution in [2.24, 2.45) is 11.8 Å². The van der Waals surface area contributed by atoms with Crippen LogP contribution in [0.3, 0.4) is 0 Å². The van der Waals surface area contributed by atoms with Gasteiger partial charge in [-0.05, 0) is 86.5 Å². The number of likely N-dealkylation sites (tertiary alicyclic amines) is 1. The van der Waals surface area contributed by atoms with E-state index in [-0.39, 0.29) is 11.9 Å². The number of urea groups is 1. The van der Waals surface area contributed by atoms with E-state index in [4.69, 9.17) is 5.26 Å². The zero-order chi connectivity index (χ0) is 24.5. The summed E-state index contributed by atoms with van der Waals surface area (Å²) in [6.07, 6.45) is 2.98. The molecule has 0 bridgehead atoms. The number of halogens is 1. The first-order valence-corrected chi connectivity index (χ1v) is 12.0. The van der Waals surface area contributed by atoms with E-state index in [1.165, 1.54) is 12.1 Å². The standard InChI is InChI=1S/C27H35FN4O2/c1-19(2)14-25(31-27(34)30-24-5-3-4-22(16-24)17-29)26(33)18-32-12-10-21(11-13-32)15-20-6-8-23(28)9-7-20/h3-9,16,19,21,25-26,33H,10-15,18H2,1-2H3,(H2,30,31,34)/t25-,26-/m0/s1. The Hall–Kier alpha value is -2.95. The summed E-state index contributed by atoms with van der Waals surface area (Å²) < 4.78 is 13.1. The van der Waals surface area contributed by atoms with Crippen molar-refractivity contribution >= 4 is 11.7 Å². The Labute approximate surface area is 201 Å². The number of benzene rings is 2. The monoisotopic (exact) mass is 466 g/mol. The highest BCUT2D eigenvalue weighted by atomic mass is 19.1. The van der Waals surface area contributed by atoms with E-state index in [0.29, 0.717) is 36.1 Å². The Morgan fingerprint density at radius 1 is 1.21 bits per heavy atom. The Bertz CT molecular complexity index is 965. The highest BCUT2D eigenvalue weighted by Gasteiger charge is 2.27. The number of hydrogen-bond donors (Lipinski definition) is 3. The minimum absolute atomic E-state index is 0.207. The molecule has 1 heterocycles. The Morgan fingerprint density at radius 2 is 1.91 bits per heavy atom. The fraction of sp³-hybridized carbons (Fsp3) is 0.481. The van der Waals surface area contributed by atoms with Crippen molar-refractivity contribution in [3.63, 3.8) is 0 Å². The van der Waals surface area contributed by atoms with Gasteiger partial charge in [0.1, 0.15) is 5.82 Å². The lowest BCUT2D eigenvalue weighted by atomic mass is 9.89. The van der Waals surface area contributed by atoms with E-state index >= 15 is 0 Å². The van der Waals surface area contributed by atoms with Crippen LogP contribution in [0, 0.1) is 29.0 Å². The number of hydrogen-bond acceptors (Lipinski definition) is 4. The fourth-order valence-corrected chi connectivity index (χ4v) is 4.54. The molecule has 1 saturated heterocycles. The average Bonchev–Trinajstić information content (AvgIpc) is 2.81. The van der Waals surface area contributed by atoms with E-state index in [1.807, 2.05) is 12.1 Å². The summed E-state index contributed by atoms with van der Waals surface area (Å²) in [7, 11) is 0. The minimum atomic E-state index is -0.688. The largest absolute Gasteiger partial charge is 0.390 e. The third-order valence-electron chi connectivity index (χ3n) is 6.35. The third-order valence-corrected chi connectivity index (χ3v) is 6.35. The molecule has 2 aromatic rings. The molecule has 1 fully saturated rings. The van der Waals surface area contributed by atoms with Crippen molar-refractivity contribution in [2.75, 3.05) is 25.0 Å². The number of carbonyl (C=O) groups excluding carboxylic acids is 1. The van der Waals surface area contributed by atoms with Gasteiger partial charge >= 0.3 is 6.03 Å². The molecule has 3 rings (SSSR count). The molecular weight excluding hydrogens is 431 g/mol. The maximum atomic E-state index is 13.1. The number of rotatable bonds is 9. The highest BCUT2D eigenvalue weighted by molar-refractivity contribution is 5.89. The molecule has 0 spiro atoms. The number of nitrogens with one attached hydrogen (secondary N) is 2. The topological polar surface area (TPSA) is 88.4 Å². The van der Waals surface area contributed by atoms with Crippen molar-refractivity contribution in [1.29, 1.82) is 5.26 Å². The van der Waals surface area contributed by atoms with Crippen LogP contribution in [-0.2, 0) is 6.42 Å². The van der Waals surface area contributed by atoms with Crippen LogP contribution in [0.2, 0.25) is 0 Å². The smallest absolute Gasteiger partial charge is 0.319 e. The van der Waals surface area contributed by atoms with E-state index in [0.717, 1.165) is 37.9 Å². The summed E-state index contributed by atoms with van der Waals surface area (Å²) in [5.41, 5.74) is 2.17. The van der Waals surface area contributed by atoms with Crippen molar-refractivity contribution in [3.8, 4) is 6.07 Å². The van der Waals surface area contributed by atoms with Crippen LogP contribution in [0.4, 0.5) is 14.9 Å². The maximum Gasteiger partial charge on any atom is 0.319 e. The van der Waals surface area contributed by atoms with Crippen molar-refractivity contribution in [3.05, 3.63) is 65.5 Å². The second kappa shape index (κ2) is 12.5. The molecule has 0 aliphatic carbocycles. The second-order valence-electron chi connectivity index (χ2n) is 9.67. The first-order valence-electron chi connectivity index (χ1n) is 12.0. The number of nitrogens with zero attached hydrogens (tertiary/aromatic N) is 2. The average molecular weight is 467 g/mol. The normalized spacial score (nSPS) is 16.6. The quantitative estimate of drug-likeness (QED) is 0.506. The molecular formula is C27H35FN4O2. The van der Waals surface area contributed by atoms with Gasteiger partial charge in [0, 0.05) is 12.2 Å². The van der Waals surface area contributed by atoms with Gasteiger partial charge in [-0.25, -0.2) is 9.18 Å². The van der Waals surface area contributed by atoms with Gasteiger partial charge in [-0.2, -0.15) is 5.26 Å². The lowest BCUT2D eigenvalue weighted by Gasteiger charge is -2.35. The summed E-state index contributed by atoms with van der Waals surface area (Å²) in [4.78, 5) is 14.8. The van der Waals surface area contributed by atoms with Crippen LogP contribution in [-0.4, -0.2) is 47.8 Å². The molecule has 0 unspecified atom stereocenters. The Balaban J connectivity index is 1.49. The molecule has 0 saturated carbocycles. The first kappa shape index (κ1) is 25.7. The molecule has 1 aliphatic rings. The van der Waals surface area contributed by atoms with Crippen LogP contribution in [0.5, 0.6) is 0 Å². The Morgan fingerprint density at radius 3 is 2.56 bits per heavy atom. The molecule has 3 N–H and O–H groups in total. The molecule has 2 atom stereocenters. The summed E-state index contributed by atoms with van der Waals surface area (Å²) in [6, 6.07) is 14.8. The second-order valence-corrected chi connectivity index (χ2v) is 9.67. The molecule has 0 radical (unpaired) electrons. The number of anilines is 1. The van der Waals surface area contributed by atoms with Gasteiger partial charge in [-0.1, -0.05) is 32.0 Å². The van der Waals surface area contributed by atoms with Crippen LogP contribution in [0.25, 0.3) is 0 Å². The van der Waals surface area contributed by atoms with Crippen LogP contribution in [0.15, 0.2) is 48.5 Å². The van der Waals surface area contributed by atoms with Gasteiger partial charge in [-0.15, -0.1) is 0 Å². The fourth-order valence-electron chi connectivity index (χ4n) is 4.54. The summed E-state index contributed by atoms with van der Waals surface area (Å²) in [5, 5.41) is 25.7. The van der Waals surface area contributed by atoms with Crippen LogP contribution in [0.1, 0.15) is 44.2 Å². The number of aliphatic hydroxyl groups excluding tert-OH is 1. The zero-order valence-electron chi connectivity index (χ0n) is 20.0. The maximum absolute atomic E-state index is 13.1. The molecule has 2 amide bonds.